The van der Waals surface area contributed by atoms with E-state index in [4.69, 9.17) is 0 Å². The lowest BCUT2D eigenvalue weighted by Gasteiger charge is -2.40. The standard InChI is InChI=1S/C35H56N4O8/c1-21(2)25(38(12)32(45)29(34(4,5)6)36-31(44)30(37(10)11)35(7,8)9)19-22(3)26(41)14-13-23(33(46)47)20-24(40)17-18-39-27(42)15-16-28(39)43/h15-16,19,21,23,25,29-30H,13-14,17-18,20H2,1-12H3,(H,36,44)(H,46,47)/b22-19+/t23?,25-,29-,30-/m1/s1. The molecular formula is C35H56N4O8. The molecule has 12 nitrogen and oxygen atoms in total. The van der Waals surface area contributed by atoms with Crippen molar-refractivity contribution in [1.29, 1.82) is 0 Å². The van der Waals surface area contributed by atoms with E-state index >= 15 is 0 Å². The summed E-state index contributed by atoms with van der Waals surface area (Å²) in [6.07, 6.45) is 3.22. The van der Waals surface area contributed by atoms with Crippen LogP contribution in [0.25, 0.3) is 0 Å². The number of allylic oxidation sites excluding steroid dienone is 1. The first kappa shape index (κ1) is 41.4. The van der Waals surface area contributed by atoms with Crippen LogP contribution in [0.1, 0.15) is 88.0 Å². The number of rotatable bonds is 17. The SMILES string of the molecule is C/C(=C\[C@H](C(C)C)N(C)C(=O)[C@@H](NC(=O)[C@@H](N(C)C)C(C)(C)C)C(C)(C)C)C(=O)CCC(CC(=O)CCN1C(=O)C=CC1=O)C(=O)O. The minimum absolute atomic E-state index is 0.0751. The number of ketones is 2. The predicted molar refractivity (Wildman–Crippen MR) is 179 cm³/mol. The van der Waals surface area contributed by atoms with E-state index in [1.54, 1.807) is 24.9 Å². The van der Waals surface area contributed by atoms with Crippen molar-refractivity contribution in [3.63, 3.8) is 0 Å². The van der Waals surface area contributed by atoms with E-state index in [0.717, 1.165) is 17.1 Å². The monoisotopic (exact) mass is 660 g/mol. The fourth-order valence-electron chi connectivity index (χ4n) is 5.80. The summed E-state index contributed by atoms with van der Waals surface area (Å²) in [5.41, 5.74) is -0.648. The molecule has 0 saturated heterocycles. The van der Waals surface area contributed by atoms with Crippen LogP contribution in [0, 0.1) is 22.7 Å². The molecule has 0 aromatic carbocycles. The van der Waals surface area contributed by atoms with E-state index < -0.39 is 53.0 Å². The van der Waals surface area contributed by atoms with Gasteiger partial charge in [0.2, 0.25) is 11.8 Å². The van der Waals surface area contributed by atoms with Gasteiger partial charge in [-0.3, -0.25) is 43.4 Å². The van der Waals surface area contributed by atoms with Crippen LogP contribution in [-0.2, 0) is 33.6 Å². The third-order valence-corrected chi connectivity index (χ3v) is 8.38. The number of nitrogens with zero attached hydrogens (tertiary/aromatic N) is 3. The zero-order chi connectivity index (χ0) is 36.6. The van der Waals surface area contributed by atoms with Gasteiger partial charge in [0.1, 0.15) is 11.8 Å². The smallest absolute Gasteiger partial charge is 0.306 e. The Labute approximate surface area is 280 Å². The van der Waals surface area contributed by atoms with E-state index in [0.29, 0.717) is 5.57 Å². The van der Waals surface area contributed by atoms with Gasteiger partial charge in [-0.1, -0.05) is 61.5 Å². The van der Waals surface area contributed by atoms with Crippen molar-refractivity contribution in [3.8, 4) is 0 Å². The fourth-order valence-corrected chi connectivity index (χ4v) is 5.80. The number of aliphatic carboxylic acids is 1. The first-order valence-electron chi connectivity index (χ1n) is 16.1. The molecule has 1 aliphatic rings. The minimum Gasteiger partial charge on any atom is -0.481 e. The average molecular weight is 661 g/mol. The quantitative estimate of drug-likeness (QED) is 0.176. The molecular weight excluding hydrogens is 604 g/mol. The molecule has 0 bridgehead atoms. The minimum atomic E-state index is -1.22. The highest BCUT2D eigenvalue weighted by Gasteiger charge is 2.41. The van der Waals surface area contributed by atoms with E-state index in [1.807, 2.05) is 74.4 Å². The zero-order valence-corrected chi connectivity index (χ0v) is 30.3. The number of carbonyl (C=O) groups excluding carboxylic acids is 6. The molecule has 2 N–H and O–H groups in total. The molecule has 0 aromatic rings. The van der Waals surface area contributed by atoms with E-state index in [-0.39, 0.29) is 61.2 Å². The van der Waals surface area contributed by atoms with Crippen molar-refractivity contribution in [2.24, 2.45) is 22.7 Å². The summed E-state index contributed by atoms with van der Waals surface area (Å²) >= 11 is 0. The molecule has 47 heavy (non-hydrogen) atoms. The molecule has 1 rings (SSSR count). The van der Waals surface area contributed by atoms with Gasteiger partial charge < -0.3 is 15.3 Å². The van der Waals surface area contributed by atoms with Gasteiger partial charge in [0.25, 0.3) is 11.8 Å². The van der Waals surface area contributed by atoms with E-state index in [9.17, 15) is 38.7 Å². The van der Waals surface area contributed by atoms with Crippen LogP contribution in [0.15, 0.2) is 23.8 Å². The molecule has 4 amide bonds. The summed E-state index contributed by atoms with van der Waals surface area (Å²) in [4.78, 5) is 92.7. The molecule has 264 valence electrons. The summed E-state index contributed by atoms with van der Waals surface area (Å²) in [6, 6.07) is -1.82. The predicted octanol–water partition coefficient (Wildman–Crippen LogP) is 3.25. The van der Waals surface area contributed by atoms with Gasteiger partial charge in [0.15, 0.2) is 5.78 Å². The van der Waals surface area contributed by atoms with Gasteiger partial charge in [-0.05, 0) is 49.8 Å². The molecule has 0 radical (unpaired) electrons. The van der Waals surface area contributed by atoms with Crippen molar-refractivity contribution in [1.82, 2.24) is 20.0 Å². The highest BCUT2D eigenvalue weighted by atomic mass is 16.4. The number of carbonyl (C=O) groups is 7. The van der Waals surface area contributed by atoms with Crippen LogP contribution < -0.4 is 5.32 Å². The molecule has 1 heterocycles. The van der Waals surface area contributed by atoms with Crippen molar-refractivity contribution in [2.75, 3.05) is 27.7 Å². The van der Waals surface area contributed by atoms with Crippen molar-refractivity contribution < 1.29 is 38.7 Å². The molecule has 0 saturated carbocycles. The number of hydrogen-bond donors (Lipinski definition) is 2. The van der Waals surface area contributed by atoms with Crippen LogP contribution >= 0.6 is 0 Å². The normalized spacial score (nSPS) is 16.7. The Morgan fingerprint density at radius 3 is 1.87 bits per heavy atom. The number of amides is 4. The van der Waals surface area contributed by atoms with Crippen LogP contribution in [0.4, 0.5) is 0 Å². The maximum absolute atomic E-state index is 14.0. The largest absolute Gasteiger partial charge is 0.481 e. The molecule has 0 aromatic heterocycles. The molecule has 4 atom stereocenters. The summed E-state index contributed by atoms with van der Waals surface area (Å²) in [6.45, 7) is 16.9. The number of nitrogens with one attached hydrogen (secondary N) is 1. The molecule has 1 aliphatic heterocycles. The Hall–Kier alpha value is -3.67. The summed E-state index contributed by atoms with van der Waals surface area (Å²) in [5.74, 6) is -4.75. The van der Waals surface area contributed by atoms with Crippen LogP contribution in [0.5, 0.6) is 0 Å². The number of Topliss-reactive ketones (excluding diaryl/α,β-unsaturated/α-hetero) is 2. The maximum atomic E-state index is 14.0. The van der Waals surface area contributed by atoms with Gasteiger partial charge in [-0.15, -0.1) is 0 Å². The number of likely N-dealkylation sites (N-methyl/N-ethyl adjacent to an activating group) is 2. The van der Waals surface area contributed by atoms with Crippen molar-refractivity contribution >= 4 is 41.2 Å². The highest BCUT2D eigenvalue weighted by molar-refractivity contribution is 6.13. The maximum Gasteiger partial charge on any atom is 0.306 e. The molecule has 12 heteroatoms. The Morgan fingerprint density at radius 2 is 1.45 bits per heavy atom. The van der Waals surface area contributed by atoms with Gasteiger partial charge in [-0.2, -0.15) is 0 Å². The molecule has 0 spiro atoms. The van der Waals surface area contributed by atoms with Gasteiger partial charge in [0.05, 0.1) is 18.0 Å². The van der Waals surface area contributed by atoms with Gasteiger partial charge in [0, 0.05) is 45.0 Å². The third-order valence-electron chi connectivity index (χ3n) is 8.38. The molecule has 0 aliphatic carbocycles. The first-order valence-corrected chi connectivity index (χ1v) is 16.1. The van der Waals surface area contributed by atoms with Crippen LogP contribution in [0.3, 0.4) is 0 Å². The van der Waals surface area contributed by atoms with Gasteiger partial charge >= 0.3 is 5.97 Å². The lowest BCUT2D eigenvalue weighted by atomic mass is 9.82. The lowest BCUT2D eigenvalue weighted by Crippen LogP contribution is -2.60. The summed E-state index contributed by atoms with van der Waals surface area (Å²) < 4.78 is 0. The Morgan fingerprint density at radius 1 is 0.915 bits per heavy atom. The second-order valence-corrected chi connectivity index (χ2v) is 15.2. The Bertz CT molecular complexity index is 1250. The summed E-state index contributed by atoms with van der Waals surface area (Å²) in [5, 5.41) is 12.7. The number of carboxylic acids is 1. The van der Waals surface area contributed by atoms with Crippen molar-refractivity contribution in [3.05, 3.63) is 23.8 Å². The van der Waals surface area contributed by atoms with Gasteiger partial charge in [-0.25, -0.2) is 0 Å². The lowest BCUT2D eigenvalue weighted by molar-refractivity contribution is -0.144. The molecule has 0 fully saturated rings. The van der Waals surface area contributed by atoms with Crippen molar-refractivity contribution in [2.45, 2.75) is 106 Å². The Balaban J connectivity index is 3.03. The number of imide groups is 1. The first-order chi connectivity index (χ1) is 21.4. The highest BCUT2D eigenvalue weighted by Crippen LogP contribution is 2.27. The third kappa shape index (κ3) is 12.1. The topological polar surface area (TPSA) is 161 Å². The van der Waals surface area contributed by atoms with E-state index in [1.165, 1.54) is 0 Å². The fraction of sp³-hybridized carbons (Fsp3) is 0.686. The summed E-state index contributed by atoms with van der Waals surface area (Å²) in [7, 11) is 5.29. The second kappa shape index (κ2) is 16.9. The second-order valence-electron chi connectivity index (χ2n) is 15.2. The van der Waals surface area contributed by atoms with Crippen LogP contribution in [-0.4, -0.2) is 107 Å². The van der Waals surface area contributed by atoms with Crippen LogP contribution in [0.2, 0.25) is 0 Å². The van der Waals surface area contributed by atoms with E-state index in [2.05, 4.69) is 5.32 Å². The Kier molecular flexibility index (Phi) is 14.9. The average Bonchev–Trinajstić information content (AvgIpc) is 3.24. The molecule has 1 unspecified atom stereocenters. The number of carboxylic acid groups (broad SMARTS) is 1. The number of hydrogen-bond acceptors (Lipinski definition) is 8. The zero-order valence-electron chi connectivity index (χ0n) is 30.3.